The van der Waals surface area contributed by atoms with E-state index in [0.29, 0.717) is 0 Å². The summed E-state index contributed by atoms with van der Waals surface area (Å²) in [6, 6.07) is 70.3. The third kappa shape index (κ3) is 4.65. The van der Waals surface area contributed by atoms with Gasteiger partial charge in [-0.3, -0.25) is 4.98 Å². The Morgan fingerprint density at radius 3 is 1.31 bits per heavy atom. The number of aromatic nitrogens is 3. The third-order valence-corrected chi connectivity index (χ3v) is 10.9. The van der Waals surface area contributed by atoms with Crippen LogP contribution in [0.4, 0.5) is 0 Å². The highest BCUT2D eigenvalue weighted by molar-refractivity contribution is 6.16. The van der Waals surface area contributed by atoms with E-state index >= 15 is 0 Å². The van der Waals surface area contributed by atoms with Crippen LogP contribution in [0.15, 0.2) is 200 Å². The van der Waals surface area contributed by atoms with Crippen molar-refractivity contribution in [1.82, 2.24) is 14.1 Å². The molecule has 0 unspecified atom stereocenters. The minimum Gasteiger partial charge on any atom is -0.309 e. The molecule has 11 rings (SSSR count). The van der Waals surface area contributed by atoms with Crippen molar-refractivity contribution in [1.29, 1.82) is 0 Å². The molecule has 0 N–H and O–H groups in total. The molecule has 0 radical (unpaired) electrons. The average Bonchev–Trinajstić information content (AvgIpc) is 3.77. The van der Waals surface area contributed by atoms with Gasteiger partial charge in [-0.05, 0) is 77.4 Å². The second kappa shape index (κ2) is 12.2. The van der Waals surface area contributed by atoms with Gasteiger partial charge in [0.05, 0.1) is 27.6 Å². The molecule has 3 aromatic heterocycles. The Kier molecular flexibility index (Phi) is 6.86. The highest BCUT2D eigenvalue weighted by atomic mass is 15.0. The summed E-state index contributed by atoms with van der Waals surface area (Å²) < 4.78 is 4.86. The van der Waals surface area contributed by atoms with Crippen LogP contribution in [0, 0.1) is 0 Å². The second-order valence-corrected chi connectivity index (χ2v) is 14.0. The van der Waals surface area contributed by atoms with Crippen molar-refractivity contribution in [2.45, 2.75) is 0 Å². The van der Waals surface area contributed by atoms with Crippen LogP contribution >= 0.6 is 0 Å². The van der Waals surface area contributed by atoms with Gasteiger partial charge in [-0.25, -0.2) is 0 Å². The molecule has 3 heterocycles. The zero-order valence-electron chi connectivity index (χ0n) is 29.4. The molecule has 8 aromatic carbocycles. The molecule has 0 saturated carbocycles. The molecule has 0 aliphatic heterocycles. The van der Waals surface area contributed by atoms with Crippen LogP contribution < -0.4 is 0 Å². The quantitative estimate of drug-likeness (QED) is 0.177. The molecule has 0 amide bonds. The van der Waals surface area contributed by atoms with Crippen molar-refractivity contribution in [2.75, 3.05) is 0 Å². The van der Waals surface area contributed by atoms with E-state index in [9.17, 15) is 0 Å². The van der Waals surface area contributed by atoms with Gasteiger partial charge in [0, 0.05) is 61.2 Å². The molecule has 0 aliphatic rings. The number of nitrogens with zero attached hydrogens (tertiary/aromatic N) is 3. The summed E-state index contributed by atoms with van der Waals surface area (Å²) >= 11 is 0. The Bertz CT molecular complexity index is 3020. The lowest BCUT2D eigenvalue weighted by Crippen LogP contribution is -1.97. The lowest BCUT2D eigenvalue weighted by molar-refractivity contribution is 1.18. The fraction of sp³-hybridized carbons (Fsp3) is 0. The molecule has 0 aliphatic carbocycles. The van der Waals surface area contributed by atoms with Crippen molar-refractivity contribution >= 4 is 54.5 Å². The van der Waals surface area contributed by atoms with Gasteiger partial charge >= 0.3 is 0 Å². The summed E-state index contributed by atoms with van der Waals surface area (Å²) in [5.41, 5.74) is 15.0. The molecule has 0 atom stereocenters. The summed E-state index contributed by atoms with van der Waals surface area (Å²) in [7, 11) is 0. The highest BCUT2D eigenvalue weighted by Crippen LogP contribution is 2.44. The summed E-state index contributed by atoms with van der Waals surface area (Å²) in [6.07, 6.45) is 1.90. The zero-order chi connectivity index (χ0) is 35.6. The first kappa shape index (κ1) is 30.4. The van der Waals surface area contributed by atoms with Gasteiger partial charge in [0.15, 0.2) is 0 Å². The topological polar surface area (TPSA) is 22.8 Å². The van der Waals surface area contributed by atoms with E-state index < -0.39 is 0 Å². The maximum atomic E-state index is 4.92. The maximum Gasteiger partial charge on any atom is 0.0780 e. The van der Waals surface area contributed by atoms with Crippen LogP contribution in [0.1, 0.15) is 0 Å². The summed E-state index contributed by atoms with van der Waals surface area (Å²) in [5.74, 6) is 0. The summed E-state index contributed by atoms with van der Waals surface area (Å²) in [6.45, 7) is 0. The Hall–Kier alpha value is -7.23. The van der Waals surface area contributed by atoms with Crippen molar-refractivity contribution in [2.24, 2.45) is 0 Å². The molecule has 0 saturated heterocycles. The van der Waals surface area contributed by atoms with Gasteiger partial charge in [-0.2, -0.15) is 0 Å². The minimum atomic E-state index is 0.997. The number of hydrogen-bond acceptors (Lipinski definition) is 1. The molecule has 3 heteroatoms. The van der Waals surface area contributed by atoms with E-state index in [1.54, 1.807) is 0 Å². The van der Waals surface area contributed by atoms with E-state index in [-0.39, 0.29) is 0 Å². The number of hydrogen-bond donors (Lipinski definition) is 0. The van der Waals surface area contributed by atoms with Gasteiger partial charge in [-0.15, -0.1) is 0 Å². The first-order valence-corrected chi connectivity index (χ1v) is 18.5. The van der Waals surface area contributed by atoms with Gasteiger partial charge in [0.1, 0.15) is 0 Å². The summed E-state index contributed by atoms with van der Waals surface area (Å²) in [4.78, 5) is 4.92. The number of fused-ring (bicyclic) bond motifs is 7. The van der Waals surface area contributed by atoms with Crippen molar-refractivity contribution < 1.29 is 0 Å². The van der Waals surface area contributed by atoms with Crippen LogP contribution in [-0.2, 0) is 0 Å². The first-order valence-electron chi connectivity index (χ1n) is 18.5. The normalized spacial score (nSPS) is 11.7. The Labute approximate surface area is 312 Å². The standard InChI is InChI=1S/C51H33N3/c1-3-17-38(18-4-1)53-47-28-9-7-21-43(47)45-26-12-24-41(50(45)53)36-31-35(40-23-11-15-34-16-14-30-52-49(34)40)32-37(33-36)42-25-13-27-46-44-22-8-10-29-48(44)54(51(42)46)39-19-5-2-6-20-39/h1-33H. The van der Waals surface area contributed by atoms with E-state index in [0.717, 1.165) is 44.5 Å². The molecule has 11 aromatic rings. The van der Waals surface area contributed by atoms with Crippen LogP contribution in [0.5, 0.6) is 0 Å². The Balaban J connectivity index is 1.27. The monoisotopic (exact) mass is 687 g/mol. The van der Waals surface area contributed by atoms with Gasteiger partial charge < -0.3 is 9.13 Å². The molecule has 0 bridgehead atoms. The third-order valence-electron chi connectivity index (χ3n) is 10.9. The van der Waals surface area contributed by atoms with E-state index in [1.165, 1.54) is 54.7 Å². The molecule has 0 fully saturated rings. The fourth-order valence-corrected chi connectivity index (χ4v) is 8.62. The smallest absolute Gasteiger partial charge is 0.0780 e. The van der Waals surface area contributed by atoms with Gasteiger partial charge in [0.2, 0.25) is 0 Å². The maximum absolute atomic E-state index is 4.92. The first-order chi connectivity index (χ1) is 26.8. The molecular weight excluding hydrogens is 655 g/mol. The predicted molar refractivity (Wildman–Crippen MR) is 227 cm³/mol. The molecule has 54 heavy (non-hydrogen) atoms. The van der Waals surface area contributed by atoms with Gasteiger partial charge in [0.25, 0.3) is 0 Å². The predicted octanol–water partition coefficient (Wildman–Crippen LogP) is 13.4. The molecule has 252 valence electrons. The molecular formula is C51H33N3. The summed E-state index contributed by atoms with van der Waals surface area (Å²) in [5, 5.41) is 6.07. The lowest BCUT2D eigenvalue weighted by atomic mass is 9.91. The van der Waals surface area contributed by atoms with Crippen LogP contribution in [0.3, 0.4) is 0 Å². The van der Waals surface area contributed by atoms with E-state index in [1.807, 2.05) is 12.3 Å². The lowest BCUT2D eigenvalue weighted by Gasteiger charge is -2.17. The number of para-hydroxylation sites is 7. The van der Waals surface area contributed by atoms with Crippen molar-refractivity contribution in [3.05, 3.63) is 200 Å². The van der Waals surface area contributed by atoms with Gasteiger partial charge in [-0.1, -0.05) is 133 Å². The highest BCUT2D eigenvalue weighted by Gasteiger charge is 2.21. The van der Waals surface area contributed by atoms with Crippen molar-refractivity contribution in [3.63, 3.8) is 0 Å². The van der Waals surface area contributed by atoms with Crippen LogP contribution in [0.2, 0.25) is 0 Å². The van der Waals surface area contributed by atoms with Crippen molar-refractivity contribution in [3.8, 4) is 44.8 Å². The average molecular weight is 688 g/mol. The van der Waals surface area contributed by atoms with E-state index in [2.05, 4.69) is 197 Å². The Morgan fingerprint density at radius 1 is 0.333 bits per heavy atom. The molecule has 0 spiro atoms. The van der Waals surface area contributed by atoms with Crippen LogP contribution in [0.25, 0.3) is 99.3 Å². The fourth-order valence-electron chi connectivity index (χ4n) is 8.62. The second-order valence-electron chi connectivity index (χ2n) is 14.0. The number of benzene rings is 8. The largest absolute Gasteiger partial charge is 0.309 e. The van der Waals surface area contributed by atoms with Crippen LogP contribution in [-0.4, -0.2) is 14.1 Å². The minimum absolute atomic E-state index is 0.997. The Morgan fingerprint density at radius 2 is 0.759 bits per heavy atom. The van der Waals surface area contributed by atoms with E-state index in [4.69, 9.17) is 4.98 Å². The molecule has 3 nitrogen and oxygen atoms in total. The number of rotatable bonds is 5. The SMILES string of the molecule is c1ccc(-n2c3ccccc3c3cccc(-c4cc(-c5cccc6cccnc56)cc(-c5cccc6c7ccccc7n(-c7ccccc7)c56)c4)c32)cc1. The zero-order valence-corrected chi connectivity index (χ0v) is 29.4. The number of pyridine rings is 1.